The van der Waals surface area contributed by atoms with Crippen LogP contribution < -0.4 is 0 Å². The van der Waals surface area contributed by atoms with Crippen LogP contribution in [-0.4, -0.2) is 25.5 Å². The Labute approximate surface area is 129 Å². The Hall–Kier alpha value is -1.60. The summed E-state index contributed by atoms with van der Waals surface area (Å²) in [6.07, 6.45) is 5.00. The van der Waals surface area contributed by atoms with Crippen molar-refractivity contribution in [3.05, 3.63) is 71.8 Å². The van der Waals surface area contributed by atoms with Crippen molar-refractivity contribution in [1.82, 2.24) is 4.90 Å². The molecule has 0 heterocycles. The van der Waals surface area contributed by atoms with E-state index in [0.717, 1.165) is 6.42 Å². The maximum atomic E-state index is 2.28. The van der Waals surface area contributed by atoms with Gasteiger partial charge in [0.05, 0.1) is 0 Å². The second-order valence-corrected chi connectivity index (χ2v) is 6.10. The molecule has 112 valence electrons. The van der Waals surface area contributed by atoms with Crippen LogP contribution in [0.25, 0.3) is 0 Å². The number of hydrogen-bond donors (Lipinski definition) is 0. The fourth-order valence-corrected chi connectivity index (χ4v) is 2.83. The van der Waals surface area contributed by atoms with Crippen LogP contribution in [0.15, 0.2) is 60.7 Å². The smallest absolute Gasteiger partial charge is 0.00248 e. The molecule has 0 saturated heterocycles. The Morgan fingerprint density at radius 3 is 2.05 bits per heavy atom. The van der Waals surface area contributed by atoms with Crippen LogP contribution in [0.4, 0.5) is 0 Å². The highest BCUT2D eigenvalue weighted by atomic mass is 15.0. The highest BCUT2D eigenvalue weighted by Crippen LogP contribution is 2.26. The van der Waals surface area contributed by atoms with E-state index in [2.05, 4.69) is 79.7 Å². The fourth-order valence-electron chi connectivity index (χ4n) is 2.83. The first-order valence-corrected chi connectivity index (χ1v) is 7.99. The Bertz CT molecular complexity index is 490. The van der Waals surface area contributed by atoms with Gasteiger partial charge >= 0.3 is 0 Å². The summed E-state index contributed by atoms with van der Waals surface area (Å²) in [6.45, 7) is 1.19. The van der Waals surface area contributed by atoms with Crippen molar-refractivity contribution in [1.29, 1.82) is 0 Å². The van der Waals surface area contributed by atoms with Crippen molar-refractivity contribution in [2.75, 3.05) is 20.6 Å². The molecule has 2 aromatic carbocycles. The second kappa shape index (κ2) is 8.63. The zero-order valence-electron chi connectivity index (χ0n) is 13.3. The van der Waals surface area contributed by atoms with Crippen LogP contribution >= 0.6 is 0 Å². The standard InChI is InChI=1S/C20H27N/c1-21(2)16-10-9-15-20(19-13-7-4-8-14-19)17-18-11-5-3-6-12-18/h3-8,11-14,20H,9-10,15-17H2,1-2H3. The number of benzene rings is 2. The summed E-state index contributed by atoms with van der Waals surface area (Å²) in [7, 11) is 4.30. The first-order chi connectivity index (χ1) is 10.3. The molecule has 0 aromatic heterocycles. The van der Waals surface area contributed by atoms with E-state index >= 15 is 0 Å². The summed E-state index contributed by atoms with van der Waals surface area (Å²) in [5.41, 5.74) is 2.92. The summed E-state index contributed by atoms with van der Waals surface area (Å²) in [4.78, 5) is 2.27. The molecule has 0 saturated carbocycles. The molecule has 1 heteroatoms. The van der Waals surface area contributed by atoms with Crippen molar-refractivity contribution in [2.45, 2.75) is 31.6 Å². The molecular formula is C20H27N. The van der Waals surface area contributed by atoms with Gasteiger partial charge < -0.3 is 4.90 Å². The average molecular weight is 281 g/mol. The molecule has 0 bridgehead atoms. The van der Waals surface area contributed by atoms with Gasteiger partial charge in [-0.15, -0.1) is 0 Å². The Balaban J connectivity index is 1.97. The Kier molecular flexibility index (Phi) is 6.49. The van der Waals surface area contributed by atoms with Crippen LogP contribution in [0, 0.1) is 0 Å². The van der Waals surface area contributed by atoms with E-state index in [9.17, 15) is 0 Å². The monoisotopic (exact) mass is 281 g/mol. The summed E-state index contributed by atoms with van der Waals surface area (Å²) in [6, 6.07) is 21.9. The average Bonchev–Trinajstić information content (AvgIpc) is 2.52. The first-order valence-electron chi connectivity index (χ1n) is 7.99. The van der Waals surface area contributed by atoms with Crippen molar-refractivity contribution in [2.24, 2.45) is 0 Å². The number of unbranched alkanes of at least 4 members (excludes halogenated alkanes) is 1. The lowest BCUT2D eigenvalue weighted by Gasteiger charge is -2.18. The quantitative estimate of drug-likeness (QED) is 0.631. The minimum Gasteiger partial charge on any atom is -0.309 e. The fraction of sp³-hybridized carbons (Fsp3) is 0.400. The molecule has 0 aliphatic carbocycles. The van der Waals surface area contributed by atoms with Crippen LogP contribution in [-0.2, 0) is 6.42 Å². The molecular weight excluding hydrogens is 254 g/mol. The van der Waals surface area contributed by atoms with E-state index in [-0.39, 0.29) is 0 Å². The van der Waals surface area contributed by atoms with Gasteiger partial charge in [0.25, 0.3) is 0 Å². The maximum absolute atomic E-state index is 2.28. The predicted molar refractivity (Wildman–Crippen MR) is 91.7 cm³/mol. The lowest BCUT2D eigenvalue weighted by molar-refractivity contribution is 0.386. The second-order valence-electron chi connectivity index (χ2n) is 6.10. The maximum Gasteiger partial charge on any atom is -0.00248 e. The first kappa shape index (κ1) is 15.8. The van der Waals surface area contributed by atoms with Gasteiger partial charge in [0.2, 0.25) is 0 Å². The molecule has 0 radical (unpaired) electrons. The summed E-state index contributed by atoms with van der Waals surface area (Å²) >= 11 is 0. The summed E-state index contributed by atoms with van der Waals surface area (Å²) < 4.78 is 0. The lowest BCUT2D eigenvalue weighted by atomic mass is 9.88. The normalized spacial score (nSPS) is 12.5. The van der Waals surface area contributed by atoms with Crippen molar-refractivity contribution in [3.63, 3.8) is 0 Å². The van der Waals surface area contributed by atoms with Gasteiger partial charge in [-0.05, 0) is 56.9 Å². The van der Waals surface area contributed by atoms with Gasteiger partial charge in [0.15, 0.2) is 0 Å². The molecule has 0 aliphatic rings. The van der Waals surface area contributed by atoms with Crippen molar-refractivity contribution >= 4 is 0 Å². The third-order valence-electron chi connectivity index (χ3n) is 4.00. The minimum atomic E-state index is 0.635. The van der Waals surface area contributed by atoms with Crippen LogP contribution in [0.1, 0.15) is 36.3 Å². The molecule has 21 heavy (non-hydrogen) atoms. The molecule has 0 N–H and O–H groups in total. The van der Waals surface area contributed by atoms with E-state index in [0.29, 0.717) is 5.92 Å². The Morgan fingerprint density at radius 1 is 0.810 bits per heavy atom. The van der Waals surface area contributed by atoms with Crippen LogP contribution in [0.5, 0.6) is 0 Å². The van der Waals surface area contributed by atoms with Gasteiger partial charge in [0, 0.05) is 0 Å². The highest BCUT2D eigenvalue weighted by molar-refractivity contribution is 5.24. The summed E-state index contributed by atoms with van der Waals surface area (Å²) in [5, 5.41) is 0. The van der Waals surface area contributed by atoms with E-state index in [1.54, 1.807) is 0 Å². The van der Waals surface area contributed by atoms with E-state index in [1.807, 2.05) is 0 Å². The molecule has 0 spiro atoms. The molecule has 0 aliphatic heterocycles. The molecule has 0 fully saturated rings. The molecule has 0 amide bonds. The van der Waals surface area contributed by atoms with E-state index < -0.39 is 0 Å². The summed E-state index contributed by atoms with van der Waals surface area (Å²) in [5.74, 6) is 0.635. The van der Waals surface area contributed by atoms with Gasteiger partial charge in [-0.3, -0.25) is 0 Å². The zero-order valence-corrected chi connectivity index (χ0v) is 13.3. The van der Waals surface area contributed by atoms with Crippen LogP contribution in [0.3, 0.4) is 0 Å². The number of rotatable bonds is 8. The van der Waals surface area contributed by atoms with E-state index in [4.69, 9.17) is 0 Å². The molecule has 1 nitrogen and oxygen atoms in total. The van der Waals surface area contributed by atoms with Gasteiger partial charge in [-0.2, -0.15) is 0 Å². The molecule has 2 aromatic rings. The zero-order chi connectivity index (χ0) is 14.9. The predicted octanol–water partition coefficient (Wildman–Crippen LogP) is 4.74. The molecule has 2 rings (SSSR count). The van der Waals surface area contributed by atoms with Gasteiger partial charge in [0.1, 0.15) is 0 Å². The van der Waals surface area contributed by atoms with Gasteiger partial charge in [-0.25, -0.2) is 0 Å². The largest absolute Gasteiger partial charge is 0.309 e. The third-order valence-corrected chi connectivity index (χ3v) is 4.00. The van der Waals surface area contributed by atoms with Crippen molar-refractivity contribution < 1.29 is 0 Å². The topological polar surface area (TPSA) is 3.24 Å². The minimum absolute atomic E-state index is 0.635. The third kappa shape index (κ3) is 5.73. The van der Waals surface area contributed by atoms with Crippen LogP contribution in [0.2, 0.25) is 0 Å². The lowest BCUT2D eigenvalue weighted by Crippen LogP contribution is -2.13. The molecule has 1 atom stereocenters. The molecule has 1 unspecified atom stereocenters. The highest BCUT2D eigenvalue weighted by Gasteiger charge is 2.12. The number of nitrogens with zero attached hydrogens (tertiary/aromatic N) is 1. The SMILES string of the molecule is CN(C)CCCCC(Cc1ccccc1)c1ccccc1. The van der Waals surface area contributed by atoms with Gasteiger partial charge in [-0.1, -0.05) is 67.1 Å². The Morgan fingerprint density at radius 2 is 1.43 bits per heavy atom. The number of hydrogen-bond acceptors (Lipinski definition) is 1. The van der Waals surface area contributed by atoms with Crippen molar-refractivity contribution in [3.8, 4) is 0 Å². The van der Waals surface area contributed by atoms with E-state index in [1.165, 1.54) is 36.9 Å².